The molecule has 3 aliphatic rings. The van der Waals surface area contributed by atoms with E-state index in [1.54, 1.807) is 18.2 Å². The molecular formula is C23H11Cl9N2O3. The molecule has 2 aliphatic carbocycles. The van der Waals surface area contributed by atoms with Gasteiger partial charge in [-0.15, -0.1) is 23.2 Å². The van der Waals surface area contributed by atoms with E-state index in [1.807, 2.05) is 0 Å². The number of benzene rings is 2. The van der Waals surface area contributed by atoms with Crippen molar-refractivity contribution in [1.29, 1.82) is 0 Å². The third kappa shape index (κ3) is 3.55. The normalized spacial score (nSPS) is 29.8. The van der Waals surface area contributed by atoms with Gasteiger partial charge in [0, 0.05) is 0 Å². The minimum atomic E-state index is -2.11. The molecule has 2 aromatic rings. The molecular weight excluding hydrogens is 671 g/mol. The van der Waals surface area contributed by atoms with Crippen molar-refractivity contribution in [3.8, 4) is 0 Å². The molecule has 1 saturated heterocycles. The number of imide groups is 1. The molecule has 0 radical (unpaired) electrons. The summed E-state index contributed by atoms with van der Waals surface area (Å²) in [5.74, 6) is -5.37. The summed E-state index contributed by atoms with van der Waals surface area (Å²) in [7, 11) is 0. The second kappa shape index (κ2) is 9.22. The van der Waals surface area contributed by atoms with Crippen molar-refractivity contribution in [2.75, 3.05) is 0 Å². The number of alkyl halides is 4. The maximum Gasteiger partial charge on any atom is 0.274 e. The van der Waals surface area contributed by atoms with Crippen LogP contribution in [0.5, 0.6) is 0 Å². The quantitative estimate of drug-likeness (QED) is 0.246. The highest BCUT2D eigenvalue weighted by atomic mass is 35.5. The first-order chi connectivity index (χ1) is 17.2. The van der Waals surface area contributed by atoms with E-state index >= 15 is 0 Å². The number of allylic oxidation sites excluding steroid dienone is 2. The highest BCUT2D eigenvalue weighted by Gasteiger charge is 2.88. The Morgan fingerprint density at radius 1 is 0.784 bits per heavy atom. The van der Waals surface area contributed by atoms with E-state index in [0.29, 0.717) is 10.6 Å². The smallest absolute Gasteiger partial charge is 0.272 e. The monoisotopic (exact) mass is 678 g/mol. The molecule has 3 amide bonds. The van der Waals surface area contributed by atoms with Crippen LogP contribution in [0, 0.1) is 11.8 Å². The maximum atomic E-state index is 13.9. The zero-order chi connectivity index (χ0) is 27.2. The Hall–Kier alpha value is -0.600. The number of carbonyl (C=O) groups is 3. The maximum absolute atomic E-state index is 13.9. The lowest BCUT2D eigenvalue weighted by Crippen LogP contribution is -2.55. The first-order valence-electron chi connectivity index (χ1n) is 10.4. The van der Waals surface area contributed by atoms with Crippen molar-refractivity contribution >= 4 is 122 Å². The van der Waals surface area contributed by atoms with E-state index in [2.05, 4.69) is 0 Å². The highest BCUT2D eigenvalue weighted by molar-refractivity contribution is 6.66. The van der Waals surface area contributed by atoms with E-state index in [1.165, 1.54) is 24.3 Å². The van der Waals surface area contributed by atoms with Crippen LogP contribution in [0.15, 0.2) is 52.5 Å². The third-order valence-corrected chi connectivity index (χ3v) is 12.1. The lowest BCUT2D eigenvalue weighted by molar-refractivity contribution is -0.156. The minimum absolute atomic E-state index is 0.0317. The van der Waals surface area contributed by atoms with E-state index in [4.69, 9.17) is 104 Å². The minimum Gasteiger partial charge on any atom is -0.272 e. The van der Waals surface area contributed by atoms with Crippen LogP contribution in [0.3, 0.4) is 0 Å². The molecule has 14 heteroatoms. The van der Waals surface area contributed by atoms with Crippen LogP contribution in [0.2, 0.25) is 15.1 Å². The number of carbonyl (C=O) groups excluding carboxylic acids is 3. The molecule has 2 bridgehead atoms. The molecule has 2 aromatic carbocycles. The number of fused-ring (bicyclic) bond motifs is 5. The van der Waals surface area contributed by atoms with Gasteiger partial charge in [0.15, 0.2) is 4.33 Å². The molecule has 1 saturated carbocycles. The third-order valence-electron chi connectivity index (χ3n) is 6.78. The number of amides is 3. The summed E-state index contributed by atoms with van der Waals surface area (Å²) in [5.41, 5.74) is 0.485. The SMILES string of the molecule is O=C(c1ccccc1Cl)N(Cc1ccc(Cl)c(Cl)c1)N1C(=O)[C@@H]2[C@@H](C1=O)[C@@]1(Cl)C(Cl)=C(Cl)[C@@]2(Cl)C1(Cl)Cl. The molecule has 0 aromatic heterocycles. The number of hydrazine groups is 1. The number of rotatable bonds is 4. The standard InChI is InChI=1S/C23H11Cl9N2O3/c24-11-4-2-1-3-10(11)18(35)33(8-9-5-6-12(25)13(26)7-9)34-19(36)14-15(20(34)37)22(30)17(28)16(27)21(14,29)23(22,31)32/h1-7,14-15H,8H2/t14-,15-,21+,22+/m0/s1. The topological polar surface area (TPSA) is 57.7 Å². The summed E-state index contributed by atoms with van der Waals surface area (Å²) in [6.07, 6.45) is 0. The van der Waals surface area contributed by atoms with E-state index in [0.717, 1.165) is 5.01 Å². The average molecular weight is 682 g/mol. The Morgan fingerprint density at radius 3 is 1.84 bits per heavy atom. The summed E-state index contributed by atoms with van der Waals surface area (Å²) in [6.45, 7) is -0.274. The molecule has 2 fully saturated rings. The molecule has 37 heavy (non-hydrogen) atoms. The highest BCUT2D eigenvalue weighted by Crippen LogP contribution is 2.77. The molecule has 5 rings (SSSR count). The second-order valence-corrected chi connectivity index (χ2v) is 13.2. The molecule has 194 valence electrons. The number of nitrogens with zero attached hydrogens (tertiary/aromatic N) is 2. The van der Waals surface area contributed by atoms with Crippen molar-refractivity contribution in [2.24, 2.45) is 11.8 Å². The van der Waals surface area contributed by atoms with Crippen LogP contribution in [-0.2, 0) is 16.1 Å². The number of halogens is 9. The van der Waals surface area contributed by atoms with Crippen molar-refractivity contribution in [3.63, 3.8) is 0 Å². The fraction of sp³-hybridized carbons (Fsp3) is 0.261. The molecule has 0 N–H and O–H groups in total. The van der Waals surface area contributed by atoms with Gasteiger partial charge in [0.05, 0.1) is 49.1 Å². The van der Waals surface area contributed by atoms with Gasteiger partial charge >= 0.3 is 0 Å². The van der Waals surface area contributed by atoms with Crippen LogP contribution in [0.4, 0.5) is 0 Å². The second-order valence-electron chi connectivity index (χ2n) is 8.66. The molecule has 0 unspecified atom stereocenters. The Bertz CT molecular complexity index is 1380. The predicted octanol–water partition coefficient (Wildman–Crippen LogP) is 7.65. The molecule has 4 atom stereocenters. The van der Waals surface area contributed by atoms with Crippen LogP contribution < -0.4 is 0 Å². The lowest BCUT2D eigenvalue weighted by Gasteiger charge is -2.37. The van der Waals surface area contributed by atoms with Gasteiger partial charge in [-0.2, -0.15) is 5.01 Å². The van der Waals surface area contributed by atoms with Crippen molar-refractivity contribution < 1.29 is 14.4 Å². The van der Waals surface area contributed by atoms with Crippen LogP contribution >= 0.6 is 104 Å². The Kier molecular flexibility index (Phi) is 6.97. The molecule has 0 spiro atoms. The van der Waals surface area contributed by atoms with Gasteiger partial charge in [0.1, 0.15) is 9.75 Å². The number of hydrogen-bond acceptors (Lipinski definition) is 3. The summed E-state index contributed by atoms with van der Waals surface area (Å²) in [6, 6.07) is 10.7. The van der Waals surface area contributed by atoms with E-state index < -0.39 is 43.6 Å². The van der Waals surface area contributed by atoms with Gasteiger partial charge < -0.3 is 0 Å². The average Bonchev–Trinajstić information content (AvgIpc) is 3.23. The molecule has 5 nitrogen and oxygen atoms in total. The predicted molar refractivity (Wildman–Crippen MR) is 147 cm³/mol. The first kappa shape index (κ1) is 27.9. The van der Waals surface area contributed by atoms with E-state index in [9.17, 15) is 14.4 Å². The zero-order valence-corrected chi connectivity index (χ0v) is 24.7. The Balaban J connectivity index is 1.64. The van der Waals surface area contributed by atoms with Gasteiger partial charge in [-0.1, -0.05) is 99.4 Å². The van der Waals surface area contributed by atoms with Crippen molar-refractivity contribution in [2.45, 2.75) is 20.6 Å². The number of hydrogen-bond donors (Lipinski definition) is 0. The Labute approximate surface area is 255 Å². The summed E-state index contributed by atoms with van der Waals surface area (Å²) < 4.78 is -2.11. The Morgan fingerprint density at radius 2 is 1.32 bits per heavy atom. The lowest BCUT2D eigenvalue weighted by atomic mass is 9.84. The van der Waals surface area contributed by atoms with Crippen LogP contribution in [-0.4, -0.2) is 41.8 Å². The van der Waals surface area contributed by atoms with Crippen molar-refractivity contribution in [3.05, 3.63) is 78.7 Å². The first-order valence-corrected chi connectivity index (χ1v) is 13.8. The van der Waals surface area contributed by atoms with Crippen molar-refractivity contribution in [1.82, 2.24) is 10.0 Å². The molecule has 1 heterocycles. The molecule has 1 aliphatic heterocycles. The van der Waals surface area contributed by atoms with Crippen LogP contribution in [0.1, 0.15) is 15.9 Å². The van der Waals surface area contributed by atoms with Crippen LogP contribution in [0.25, 0.3) is 0 Å². The van der Waals surface area contributed by atoms with Gasteiger partial charge in [-0.05, 0) is 29.8 Å². The summed E-state index contributed by atoms with van der Waals surface area (Å²) in [5, 5.41) is 1.69. The van der Waals surface area contributed by atoms with Gasteiger partial charge in [-0.3, -0.25) is 14.4 Å². The van der Waals surface area contributed by atoms with Gasteiger partial charge in [0.2, 0.25) is 0 Å². The fourth-order valence-electron chi connectivity index (χ4n) is 5.04. The zero-order valence-electron chi connectivity index (χ0n) is 17.9. The fourth-order valence-corrected chi connectivity index (χ4v) is 8.50. The van der Waals surface area contributed by atoms with Gasteiger partial charge in [0.25, 0.3) is 17.7 Å². The van der Waals surface area contributed by atoms with E-state index in [-0.39, 0.29) is 37.2 Å². The largest absolute Gasteiger partial charge is 0.274 e. The summed E-state index contributed by atoms with van der Waals surface area (Å²) in [4.78, 5) is 37.5. The van der Waals surface area contributed by atoms with Gasteiger partial charge in [-0.25, -0.2) is 5.01 Å². The summed E-state index contributed by atoms with van der Waals surface area (Å²) >= 11 is 57.9.